The molecule has 0 N–H and O–H groups in total. The van der Waals surface area contributed by atoms with Crippen LogP contribution in [-0.2, 0) is 9.53 Å². The molecule has 1 fully saturated rings. The molecule has 0 atom stereocenters. The molecule has 0 spiro atoms. The van der Waals surface area contributed by atoms with E-state index >= 15 is 0 Å². The second-order valence-corrected chi connectivity index (χ2v) is 3.71. The highest BCUT2D eigenvalue weighted by Gasteiger charge is 2.07. The van der Waals surface area contributed by atoms with E-state index in [-0.39, 0.29) is 0 Å². The van der Waals surface area contributed by atoms with E-state index in [4.69, 9.17) is 4.74 Å². The molecule has 0 radical (unpaired) electrons. The minimum atomic E-state index is 0.772. The Morgan fingerprint density at radius 2 is 2.07 bits per heavy atom. The van der Waals surface area contributed by atoms with Gasteiger partial charge in [-0.15, -0.1) is 0 Å². The van der Waals surface area contributed by atoms with Crippen LogP contribution in [0, 0.1) is 0 Å². The smallest absolute Gasteiger partial charge is 0.149 e. The average molecular weight is 205 g/mol. The SMILES string of the molecule is O=CC1=CCC(=CN2CCOCC2)C=C1. The molecule has 3 heteroatoms. The monoisotopic (exact) mass is 205 g/mol. The molecule has 2 aliphatic rings. The number of allylic oxidation sites excluding steroid dienone is 5. The number of morpholine rings is 1. The van der Waals surface area contributed by atoms with Crippen LogP contribution in [0.15, 0.2) is 35.6 Å². The topological polar surface area (TPSA) is 29.5 Å². The van der Waals surface area contributed by atoms with Gasteiger partial charge >= 0.3 is 0 Å². The highest BCUT2D eigenvalue weighted by molar-refractivity contribution is 5.78. The molecular weight excluding hydrogens is 190 g/mol. The lowest BCUT2D eigenvalue weighted by Gasteiger charge is -2.26. The summed E-state index contributed by atoms with van der Waals surface area (Å²) in [6.07, 6.45) is 9.74. The van der Waals surface area contributed by atoms with Crippen LogP contribution in [0.25, 0.3) is 0 Å². The highest BCUT2D eigenvalue weighted by atomic mass is 16.5. The number of aldehydes is 1. The Labute approximate surface area is 89.7 Å². The first kappa shape index (κ1) is 10.2. The maximum absolute atomic E-state index is 10.5. The van der Waals surface area contributed by atoms with Crippen LogP contribution < -0.4 is 0 Å². The van der Waals surface area contributed by atoms with Crippen LogP contribution in [0.3, 0.4) is 0 Å². The predicted molar refractivity (Wildman–Crippen MR) is 58.4 cm³/mol. The van der Waals surface area contributed by atoms with Crippen LogP contribution >= 0.6 is 0 Å². The van der Waals surface area contributed by atoms with Gasteiger partial charge < -0.3 is 9.64 Å². The van der Waals surface area contributed by atoms with E-state index in [0.29, 0.717) is 0 Å². The zero-order valence-corrected chi connectivity index (χ0v) is 8.69. The van der Waals surface area contributed by atoms with Crippen molar-refractivity contribution in [3.63, 3.8) is 0 Å². The van der Waals surface area contributed by atoms with Gasteiger partial charge in [0.15, 0.2) is 0 Å². The van der Waals surface area contributed by atoms with Gasteiger partial charge in [-0.1, -0.05) is 18.2 Å². The standard InChI is InChI=1S/C12H15NO2/c14-10-12-3-1-11(2-4-12)9-13-5-7-15-8-6-13/h1,3-4,9-10H,2,5-8H2. The Balaban J connectivity index is 1.95. The molecule has 3 nitrogen and oxygen atoms in total. The zero-order valence-electron chi connectivity index (χ0n) is 8.69. The molecule has 1 heterocycles. The summed E-state index contributed by atoms with van der Waals surface area (Å²) in [5.74, 6) is 0. The largest absolute Gasteiger partial charge is 0.378 e. The maximum Gasteiger partial charge on any atom is 0.149 e. The fraction of sp³-hybridized carbons (Fsp3) is 0.417. The predicted octanol–water partition coefficient (Wildman–Crippen LogP) is 1.29. The van der Waals surface area contributed by atoms with Gasteiger partial charge in [0, 0.05) is 24.9 Å². The molecule has 0 aromatic carbocycles. The first-order chi connectivity index (χ1) is 7.38. The molecule has 0 saturated carbocycles. The van der Waals surface area contributed by atoms with Gasteiger partial charge in [-0.25, -0.2) is 0 Å². The number of nitrogens with zero attached hydrogens (tertiary/aromatic N) is 1. The fourth-order valence-electron chi connectivity index (χ4n) is 1.70. The summed E-state index contributed by atoms with van der Waals surface area (Å²) in [5, 5.41) is 0. The maximum atomic E-state index is 10.5. The van der Waals surface area contributed by atoms with Crippen LogP contribution in [0.1, 0.15) is 6.42 Å². The summed E-state index contributed by atoms with van der Waals surface area (Å²) in [6, 6.07) is 0. The van der Waals surface area contributed by atoms with Gasteiger partial charge in [0.1, 0.15) is 6.29 Å². The number of hydrogen-bond acceptors (Lipinski definition) is 3. The van der Waals surface area contributed by atoms with Crippen molar-refractivity contribution in [3.8, 4) is 0 Å². The molecule has 80 valence electrons. The summed E-state index contributed by atoms with van der Waals surface area (Å²) in [6.45, 7) is 3.54. The van der Waals surface area contributed by atoms with E-state index in [1.807, 2.05) is 18.2 Å². The molecule has 0 amide bonds. The van der Waals surface area contributed by atoms with E-state index in [0.717, 1.165) is 44.6 Å². The van der Waals surface area contributed by atoms with Gasteiger partial charge in [-0.2, -0.15) is 0 Å². The van der Waals surface area contributed by atoms with Crippen molar-refractivity contribution in [1.29, 1.82) is 0 Å². The molecule has 0 aromatic heterocycles. The molecule has 0 aromatic rings. The van der Waals surface area contributed by atoms with E-state index in [1.54, 1.807) is 0 Å². The fourth-order valence-corrected chi connectivity index (χ4v) is 1.70. The van der Waals surface area contributed by atoms with Crippen molar-refractivity contribution < 1.29 is 9.53 Å². The summed E-state index contributed by atoms with van der Waals surface area (Å²) < 4.78 is 5.28. The molecule has 2 rings (SSSR count). The summed E-state index contributed by atoms with van der Waals surface area (Å²) in [7, 11) is 0. The summed E-state index contributed by atoms with van der Waals surface area (Å²) >= 11 is 0. The van der Waals surface area contributed by atoms with E-state index < -0.39 is 0 Å². The number of carbonyl (C=O) groups excluding carboxylic acids is 1. The molecule has 1 aliphatic carbocycles. The molecule has 0 unspecified atom stereocenters. The first-order valence-electron chi connectivity index (χ1n) is 5.24. The minimum Gasteiger partial charge on any atom is -0.378 e. The zero-order chi connectivity index (χ0) is 10.5. The second-order valence-electron chi connectivity index (χ2n) is 3.71. The van der Waals surface area contributed by atoms with Crippen molar-refractivity contribution >= 4 is 6.29 Å². The lowest BCUT2D eigenvalue weighted by molar-refractivity contribution is -0.104. The molecule has 0 bridgehead atoms. The van der Waals surface area contributed by atoms with Crippen LogP contribution in [-0.4, -0.2) is 37.5 Å². The third-order valence-electron chi connectivity index (χ3n) is 2.59. The van der Waals surface area contributed by atoms with Crippen molar-refractivity contribution in [2.24, 2.45) is 0 Å². The molecular formula is C12H15NO2. The van der Waals surface area contributed by atoms with Gasteiger partial charge in [0.2, 0.25) is 0 Å². The molecule has 15 heavy (non-hydrogen) atoms. The second kappa shape index (κ2) is 4.94. The third kappa shape index (κ3) is 2.80. The minimum absolute atomic E-state index is 0.772. The van der Waals surface area contributed by atoms with Crippen molar-refractivity contribution in [2.75, 3.05) is 26.3 Å². The van der Waals surface area contributed by atoms with E-state index in [9.17, 15) is 4.79 Å². The average Bonchev–Trinajstić information content (AvgIpc) is 2.31. The van der Waals surface area contributed by atoms with Gasteiger partial charge in [0.25, 0.3) is 0 Å². The normalized spacial score (nSPS) is 24.1. The number of hydrogen-bond donors (Lipinski definition) is 0. The summed E-state index contributed by atoms with van der Waals surface area (Å²) in [5.41, 5.74) is 2.02. The van der Waals surface area contributed by atoms with Crippen LogP contribution in [0.2, 0.25) is 0 Å². The van der Waals surface area contributed by atoms with E-state index in [2.05, 4.69) is 11.1 Å². The Hall–Kier alpha value is -1.35. The number of rotatable bonds is 2. The molecule has 1 saturated heterocycles. The Bertz CT molecular complexity index is 323. The number of carbonyl (C=O) groups is 1. The molecule has 1 aliphatic heterocycles. The summed E-state index contributed by atoms with van der Waals surface area (Å²) in [4.78, 5) is 12.8. The first-order valence-corrected chi connectivity index (χ1v) is 5.24. The highest BCUT2D eigenvalue weighted by Crippen LogP contribution is 2.15. The van der Waals surface area contributed by atoms with Crippen LogP contribution in [0.4, 0.5) is 0 Å². The van der Waals surface area contributed by atoms with Crippen molar-refractivity contribution in [2.45, 2.75) is 6.42 Å². The Kier molecular flexibility index (Phi) is 3.35. The Morgan fingerprint density at radius 1 is 1.27 bits per heavy atom. The van der Waals surface area contributed by atoms with Gasteiger partial charge in [-0.3, -0.25) is 4.79 Å². The Morgan fingerprint density at radius 3 is 2.67 bits per heavy atom. The van der Waals surface area contributed by atoms with Gasteiger partial charge in [0.05, 0.1) is 13.2 Å². The van der Waals surface area contributed by atoms with Crippen molar-refractivity contribution in [1.82, 2.24) is 4.90 Å². The van der Waals surface area contributed by atoms with Crippen molar-refractivity contribution in [3.05, 3.63) is 35.6 Å². The number of ether oxygens (including phenoxy) is 1. The van der Waals surface area contributed by atoms with Gasteiger partial charge in [-0.05, 0) is 12.0 Å². The lowest BCUT2D eigenvalue weighted by atomic mass is 10.0. The lowest BCUT2D eigenvalue weighted by Crippen LogP contribution is -2.32. The van der Waals surface area contributed by atoms with E-state index in [1.165, 1.54) is 5.57 Å². The third-order valence-corrected chi connectivity index (χ3v) is 2.59. The quantitative estimate of drug-likeness (QED) is 0.636. The van der Waals surface area contributed by atoms with Crippen LogP contribution in [0.5, 0.6) is 0 Å².